The van der Waals surface area contributed by atoms with Gasteiger partial charge in [-0.1, -0.05) is 0 Å². The van der Waals surface area contributed by atoms with Crippen LogP contribution in [0.15, 0.2) is 6.07 Å². The van der Waals surface area contributed by atoms with E-state index in [0.29, 0.717) is 19.5 Å². The lowest BCUT2D eigenvalue weighted by Gasteiger charge is -2.35. The number of hydrogen-bond donors (Lipinski definition) is 1. The molecule has 0 aromatic carbocycles. The molecule has 0 radical (unpaired) electrons. The molecular formula is C16H27FN4O2. The van der Waals surface area contributed by atoms with E-state index in [-0.39, 0.29) is 12.6 Å². The van der Waals surface area contributed by atoms with Gasteiger partial charge >= 0.3 is 6.09 Å². The minimum atomic E-state index is -1.11. The van der Waals surface area contributed by atoms with E-state index in [1.807, 2.05) is 20.0 Å². The molecule has 0 aliphatic carbocycles. The van der Waals surface area contributed by atoms with Gasteiger partial charge in [0.1, 0.15) is 11.8 Å². The molecule has 2 atom stereocenters. The SMILES string of the molecule is Cc1cc(CN[C@H]2CCN(C(=O)OC(C)(C)C)C[C@H]2F)nn1C. The quantitative estimate of drug-likeness (QED) is 0.925. The number of ether oxygens (including phenoxy) is 1. The maximum Gasteiger partial charge on any atom is 0.410 e. The second kappa shape index (κ2) is 6.86. The second-order valence-electron chi connectivity index (χ2n) is 7.12. The predicted molar refractivity (Wildman–Crippen MR) is 85.9 cm³/mol. The average molecular weight is 326 g/mol. The van der Waals surface area contributed by atoms with Gasteiger partial charge in [-0.2, -0.15) is 5.10 Å². The van der Waals surface area contributed by atoms with Crippen LogP contribution < -0.4 is 5.32 Å². The number of rotatable bonds is 3. The van der Waals surface area contributed by atoms with Crippen LogP contribution in [-0.4, -0.2) is 51.7 Å². The number of hydrogen-bond acceptors (Lipinski definition) is 4. The Bertz CT molecular complexity index is 533. The van der Waals surface area contributed by atoms with E-state index in [1.165, 1.54) is 4.90 Å². The summed E-state index contributed by atoms with van der Waals surface area (Å²) in [5.41, 5.74) is 1.40. The molecule has 6 nitrogen and oxygen atoms in total. The van der Waals surface area contributed by atoms with Crippen LogP contribution in [0.5, 0.6) is 0 Å². The fourth-order valence-corrected chi connectivity index (χ4v) is 2.58. The summed E-state index contributed by atoms with van der Waals surface area (Å²) in [4.78, 5) is 13.4. The topological polar surface area (TPSA) is 59.4 Å². The van der Waals surface area contributed by atoms with Gasteiger partial charge in [0, 0.05) is 31.9 Å². The lowest BCUT2D eigenvalue weighted by molar-refractivity contribution is 0.00932. The molecule has 1 N–H and O–H groups in total. The van der Waals surface area contributed by atoms with Crippen molar-refractivity contribution in [2.45, 2.75) is 58.5 Å². The summed E-state index contributed by atoms with van der Waals surface area (Å²) in [6, 6.07) is 1.71. The molecule has 0 saturated carbocycles. The Morgan fingerprint density at radius 3 is 2.74 bits per heavy atom. The van der Waals surface area contributed by atoms with Crippen molar-refractivity contribution >= 4 is 6.09 Å². The number of likely N-dealkylation sites (tertiary alicyclic amines) is 1. The molecule has 0 bridgehead atoms. The number of aryl methyl sites for hydroxylation is 2. The molecule has 2 heterocycles. The lowest BCUT2D eigenvalue weighted by Crippen LogP contribution is -2.53. The predicted octanol–water partition coefficient (Wildman–Crippen LogP) is 2.17. The minimum Gasteiger partial charge on any atom is -0.444 e. The Hall–Kier alpha value is -1.63. The van der Waals surface area contributed by atoms with Crippen LogP contribution >= 0.6 is 0 Å². The van der Waals surface area contributed by atoms with Crippen LogP contribution in [0.25, 0.3) is 0 Å². The van der Waals surface area contributed by atoms with E-state index < -0.39 is 17.9 Å². The first-order chi connectivity index (χ1) is 10.7. The number of amides is 1. The number of aromatic nitrogens is 2. The number of nitrogens with one attached hydrogen (secondary N) is 1. The third-order valence-corrected chi connectivity index (χ3v) is 3.90. The van der Waals surface area contributed by atoms with Gasteiger partial charge in [0.15, 0.2) is 0 Å². The number of carbonyl (C=O) groups excluding carboxylic acids is 1. The Kier molecular flexibility index (Phi) is 5.29. The fourth-order valence-electron chi connectivity index (χ4n) is 2.58. The van der Waals surface area contributed by atoms with Gasteiger partial charge in [0.2, 0.25) is 0 Å². The maximum absolute atomic E-state index is 14.3. The molecule has 1 aliphatic heterocycles. The Morgan fingerprint density at radius 1 is 1.52 bits per heavy atom. The summed E-state index contributed by atoms with van der Waals surface area (Å²) in [5, 5.41) is 7.56. The van der Waals surface area contributed by atoms with Crippen molar-refractivity contribution < 1.29 is 13.9 Å². The number of halogens is 1. The third kappa shape index (κ3) is 4.92. The zero-order valence-electron chi connectivity index (χ0n) is 14.6. The van der Waals surface area contributed by atoms with Crippen LogP contribution in [-0.2, 0) is 18.3 Å². The average Bonchev–Trinajstić information content (AvgIpc) is 2.74. The molecule has 1 aliphatic rings. The highest BCUT2D eigenvalue weighted by Gasteiger charge is 2.33. The number of piperidine rings is 1. The summed E-state index contributed by atoms with van der Waals surface area (Å²) in [7, 11) is 1.89. The molecule has 23 heavy (non-hydrogen) atoms. The normalized spacial score (nSPS) is 22.3. The van der Waals surface area contributed by atoms with Crippen molar-refractivity contribution in [1.29, 1.82) is 0 Å². The monoisotopic (exact) mass is 326 g/mol. The second-order valence-corrected chi connectivity index (χ2v) is 7.12. The largest absolute Gasteiger partial charge is 0.444 e. The molecule has 0 spiro atoms. The molecule has 2 rings (SSSR count). The highest BCUT2D eigenvalue weighted by Crippen LogP contribution is 2.18. The third-order valence-electron chi connectivity index (χ3n) is 3.90. The molecule has 1 aromatic rings. The summed E-state index contributed by atoms with van der Waals surface area (Å²) in [6.45, 7) is 8.48. The van der Waals surface area contributed by atoms with Crippen LogP contribution in [0.1, 0.15) is 38.6 Å². The van der Waals surface area contributed by atoms with Crippen molar-refractivity contribution in [2.75, 3.05) is 13.1 Å². The smallest absolute Gasteiger partial charge is 0.410 e. The lowest BCUT2D eigenvalue weighted by atomic mass is 10.0. The molecular weight excluding hydrogens is 299 g/mol. The highest BCUT2D eigenvalue weighted by molar-refractivity contribution is 5.68. The fraction of sp³-hybridized carbons (Fsp3) is 0.750. The van der Waals surface area contributed by atoms with Crippen LogP contribution in [0.4, 0.5) is 9.18 Å². The van der Waals surface area contributed by atoms with Gasteiger partial charge in [-0.25, -0.2) is 9.18 Å². The van der Waals surface area contributed by atoms with E-state index in [0.717, 1.165) is 11.4 Å². The van der Waals surface area contributed by atoms with Crippen LogP contribution in [0.3, 0.4) is 0 Å². The van der Waals surface area contributed by atoms with Gasteiger partial charge < -0.3 is 15.0 Å². The van der Waals surface area contributed by atoms with E-state index in [4.69, 9.17) is 4.74 Å². The standard InChI is InChI=1S/C16H27FN4O2/c1-11-8-12(19-20(11)5)9-18-14-6-7-21(10-13(14)17)15(22)23-16(2,3)4/h8,13-14,18H,6-7,9-10H2,1-5H3/t13-,14+/m1/s1. The van der Waals surface area contributed by atoms with Gasteiger partial charge in [0.05, 0.1) is 12.2 Å². The van der Waals surface area contributed by atoms with Crippen molar-refractivity contribution in [3.05, 3.63) is 17.5 Å². The van der Waals surface area contributed by atoms with Crippen LogP contribution in [0, 0.1) is 6.92 Å². The Labute approximate surface area is 137 Å². The van der Waals surface area contributed by atoms with Crippen molar-refractivity contribution in [3.8, 4) is 0 Å². The molecule has 1 amide bonds. The Morgan fingerprint density at radius 2 is 2.22 bits per heavy atom. The summed E-state index contributed by atoms with van der Waals surface area (Å²) >= 11 is 0. The summed E-state index contributed by atoms with van der Waals surface area (Å²) < 4.78 is 21.4. The van der Waals surface area contributed by atoms with E-state index in [2.05, 4.69) is 10.4 Å². The summed E-state index contributed by atoms with van der Waals surface area (Å²) in [5.74, 6) is 0. The first-order valence-corrected chi connectivity index (χ1v) is 8.00. The molecule has 7 heteroatoms. The zero-order valence-corrected chi connectivity index (χ0v) is 14.6. The van der Waals surface area contributed by atoms with Crippen molar-refractivity contribution in [1.82, 2.24) is 20.0 Å². The number of nitrogens with zero attached hydrogens (tertiary/aromatic N) is 3. The van der Waals surface area contributed by atoms with Crippen molar-refractivity contribution in [2.24, 2.45) is 7.05 Å². The van der Waals surface area contributed by atoms with Gasteiger partial charge in [-0.15, -0.1) is 0 Å². The first kappa shape index (κ1) is 17.7. The van der Waals surface area contributed by atoms with Crippen molar-refractivity contribution in [3.63, 3.8) is 0 Å². The first-order valence-electron chi connectivity index (χ1n) is 8.00. The van der Waals surface area contributed by atoms with E-state index in [9.17, 15) is 9.18 Å². The van der Waals surface area contributed by atoms with E-state index in [1.54, 1.807) is 25.5 Å². The van der Waals surface area contributed by atoms with E-state index >= 15 is 0 Å². The maximum atomic E-state index is 14.3. The molecule has 130 valence electrons. The van der Waals surface area contributed by atoms with Gasteiger partial charge in [0.25, 0.3) is 0 Å². The molecule has 1 aromatic heterocycles. The number of alkyl halides is 1. The summed E-state index contributed by atoms with van der Waals surface area (Å²) in [6.07, 6.45) is -0.994. The molecule has 0 unspecified atom stereocenters. The van der Waals surface area contributed by atoms with Crippen LogP contribution in [0.2, 0.25) is 0 Å². The highest BCUT2D eigenvalue weighted by atomic mass is 19.1. The Balaban J connectivity index is 1.83. The molecule has 1 fully saturated rings. The molecule has 1 saturated heterocycles. The van der Waals surface area contributed by atoms with Gasteiger partial charge in [-0.05, 0) is 40.2 Å². The minimum absolute atomic E-state index is 0.0633. The van der Waals surface area contributed by atoms with Gasteiger partial charge in [-0.3, -0.25) is 4.68 Å². The number of carbonyl (C=O) groups is 1. The zero-order chi connectivity index (χ0) is 17.2.